The van der Waals surface area contributed by atoms with E-state index in [4.69, 9.17) is 0 Å². The van der Waals surface area contributed by atoms with Gasteiger partial charge >= 0.3 is 0 Å². The molecule has 1 aromatic heterocycles. The quantitative estimate of drug-likeness (QED) is 0.500. The highest BCUT2D eigenvalue weighted by atomic mass is 32.1. The van der Waals surface area contributed by atoms with Gasteiger partial charge in [-0.2, -0.15) is 0 Å². The highest BCUT2D eigenvalue weighted by molar-refractivity contribution is 7.79. The molecule has 41 valence electrons. The third-order valence-electron chi connectivity index (χ3n) is 0.590. The van der Waals surface area contributed by atoms with Crippen molar-refractivity contribution < 1.29 is 0 Å². The first-order chi connectivity index (χ1) is 3.93. The van der Waals surface area contributed by atoms with E-state index >= 15 is 0 Å². The summed E-state index contributed by atoms with van der Waals surface area (Å²) in [4.78, 5) is 3.88. The van der Waals surface area contributed by atoms with Crippen LogP contribution >= 0.6 is 23.6 Å². The number of nitrogens with one attached hydrogen (secondary N) is 1. The van der Waals surface area contributed by atoms with Crippen LogP contribution in [0.2, 0.25) is 0 Å². The fourth-order valence-corrected chi connectivity index (χ4v) is 0.972. The molecule has 0 bridgehead atoms. The topological polar surface area (TPSA) is 24.9 Å². The Hall–Kier alpha value is -0.480. The van der Waals surface area contributed by atoms with Crippen molar-refractivity contribution in [1.82, 2.24) is 4.98 Å². The molecule has 0 aliphatic carbocycles. The molecule has 0 aliphatic heterocycles. The van der Waals surface area contributed by atoms with Crippen LogP contribution in [0.4, 0.5) is 5.13 Å². The summed E-state index contributed by atoms with van der Waals surface area (Å²) in [6.07, 6.45) is 1.71. The van der Waals surface area contributed by atoms with Crippen LogP contribution in [0.25, 0.3) is 0 Å². The number of nitrogens with zero attached hydrogens (tertiary/aromatic N) is 1. The molecule has 1 N–H and O–H groups in total. The molecule has 2 nitrogen and oxygen atoms in total. The maximum Gasteiger partial charge on any atom is 0.187 e. The summed E-state index contributed by atoms with van der Waals surface area (Å²) in [5.41, 5.74) is 2.35. The molecular formula is C4H3N2S2. The van der Waals surface area contributed by atoms with Crippen LogP contribution in [0.15, 0.2) is 11.6 Å². The first kappa shape index (κ1) is 5.65. The lowest BCUT2D eigenvalue weighted by molar-refractivity contribution is 1.42. The van der Waals surface area contributed by atoms with Gasteiger partial charge in [0.2, 0.25) is 0 Å². The largest absolute Gasteiger partial charge is 0.320 e. The van der Waals surface area contributed by atoms with Crippen molar-refractivity contribution in [3.63, 3.8) is 0 Å². The van der Waals surface area contributed by atoms with E-state index in [2.05, 4.69) is 28.0 Å². The SMILES string of the molecule is S=[C]Nc1nccs1. The summed E-state index contributed by atoms with van der Waals surface area (Å²) in [6, 6.07) is 0. The predicted octanol–water partition coefficient (Wildman–Crippen LogP) is 1.39. The molecule has 0 amide bonds. The summed E-state index contributed by atoms with van der Waals surface area (Å²) < 4.78 is 0. The fourth-order valence-electron chi connectivity index (χ4n) is 0.329. The van der Waals surface area contributed by atoms with Crippen molar-refractivity contribution in [2.75, 3.05) is 5.32 Å². The zero-order valence-corrected chi connectivity index (χ0v) is 5.55. The molecule has 1 heterocycles. The minimum atomic E-state index is 0.792. The minimum Gasteiger partial charge on any atom is -0.320 e. The van der Waals surface area contributed by atoms with Crippen LogP contribution in [0.5, 0.6) is 0 Å². The number of anilines is 1. The predicted molar refractivity (Wildman–Crippen MR) is 38.3 cm³/mol. The molecule has 1 aromatic rings. The Balaban J connectivity index is 2.62. The van der Waals surface area contributed by atoms with Crippen molar-refractivity contribution in [3.05, 3.63) is 11.6 Å². The van der Waals surface area contributed by atoms with Crippen molar-refractivity contribution in [3.8, 4) is 0 Å². The number of aromatic nitrogens is 1. The molecule has 1 radical (unpaired) electrons. The second kappa shape index (κ2) is 2.74. The third kappa shape index (κ3) is 1.24. The molecule has 0 aliphatic rings. The lowest BCUT2D eigenvalue weighted by Gasteiger charge is -1.83. The van der Waals surface area contributed by atoms with E-state index in [0.717, 1.165) is 5.13 Å². The van der Waals surface area contributed by atoms with E-state index in [1.807, 2.05) is 5.38 Å². The third-order valence-corrected chi connectivity index (χ3v) is 1.38. The average molecular weight is 143 g/mol. The smallest absolute Gasteiger partial charge is 0.187 e. The number of hydrogen-bond acceptors (Lipinski definition) is 3. The number of hydrogen-bond donors (Lipinski definition) is 1. The van der Waals surface area contributed by atoms with Gasteiger partial charge in [0.25, 0.3) is 0 Å². The summed E-state index contributed by atoms with van der Waals surface area (Å²) >= 11 is 5.90. The Morgan fingerprint density at radius 1 is 1.88 bits per heavy atom. The van der Waals surface area contributed by atoms with Crippen molar-refractivity contribution in [1.29, 1.82) is 0 Å². The lowest BCUT2D eigenvalue weighted by Crippen LogP contribution is -1.88. The van der Waals surface area contributed by atoms with E-state index in [0.29, 0.717) is 0 Å². The van der Waals surface area contributed by atoms with Crippen molar-refractivity contribution >= 4 is 34.2 Å². The summed E-state index contributed by atoms with van der Waals surface area (Å²) in [7, 11) is 0. The molecule has 4 heteroatoms. The number of rotatable bonds is 2. The van der Waals surface area contributed by atoms with Gasteiger partial charge in [-0.3, -0.25) is 0 Å². The van der Waals surface area contributed by atoms with Crippen molar-refractivity contribution in [2.24, 2.45) is 0 Å². The van der Waals surface area contributed by atoms with Crippen LogP contribution in [-0.2, 0) is 0 Å². The molecule has 0 atom stereocenters. The Kier molecular flexibility index (Phi) is 1.93. The van der Waals surface area contributed by atoms with Crippen LogP contribution in [0, 0.1) is 0 Å². The Morgan fingerprint density at radius 2 is 2.75 bits per heavy atom. The minimum absolute atomic E-state index is 0.792. The van der Waals surface area contributed by atoms with Gasteiger partial charge in [0.05, 0.1) is 0 Å². The van der Waals surface area contributed by atoms with E-state index in [9.17, 15) is 0 Å². The molecule has 8 heavy (non-hydrogen) atoms. The van der Waals surface area contributed by atoms with Gasteiger partial charge in [0.15, 0.2) is 5.13 Å². The van der Waals surface area contributed by atoms with E-state index in [-0.39, 0.29) is 0 Å². The summed E-state index contributed by atoms with van der Waals surface area (Å²) in [5, 5.41) is 5.32. The first-order valence-electron chi connectivity index (χ1n) is 1.96. The van der Waals surface area contributed by atoms with Gasteiger partial charge in [-0.1, -0.05) is 12.2 Å². The number of thiocarbonyl (C=S) groups is 1. The zero-order valence-electron chi connectivity index (χ0n) is 3.92. The van der Waals surface area contributed by atoms with Crippen LogP contribution in [-0.4, -0.2) is 10.5 Å². The first-order valence-corrected chi connectivity index (χ1v) is 3.25. The fraction of sp³-hybridized carbons (Fsp3) is 0. The second-order valence-corrected chi connectivity index (χ2v) is 2.16. The highest BCUT2D eigenvalue weighted by Gasteiger charge is 1.85. The van der Waals surface area contributed by atoms with Crippen LogP contribution in [0.3, 0.4) is 0 Å². The Labute approximate surface area is 56.6 Å². The monoisotopic (exact) mass is 143 g/mol. The molecule has 1 rings (SSSR count). The van der Waals surface area contributed by atoms with Gasteiger partial charge in [0, 0.05) is 11.6 Å². The molecule has 0 spiro atoms. The Bertz CT molecular complexity index is 159. The van der Waals surface area contributed by atoms with Gasteiger partial charge in [0.1, 0.15) is 5.49 Å². The van der Waals surface area contributed by atoms with E-state index in [1.54, 1.807) is 6.20 Å². The second-order valence-electron chi connectivity index (χ2n) is 1.06. The number of thiazole rings is 1. The highest BCUT2D eigenvalue weighted by Crippen LogP contribution is 2.07. The van der Waals surface area contributed by atoms with Crippen LogP contribution < -0.4 is 5.32 Å². The summed E-state index contributed by atoms with van der Waals surface area (Å²) in [6.45, 7) is 0. The molecule has 0 fully saturated rings. The van der Waals surface area contributed by atoms with Gasteiger partial charge in [-0.25, -0.2) is 4.98 Å². The van der Waals surface area contributed by atoms with E-state index < -0.39 is 0 Å². The van der Waals surface area contributed by atoms with Crippen molar-refractivity contribution in [2.45, 2.75) is 0 Å². The lowest BCUT2D eigenvalue weighted by atomic mass is 11.0. The average Bonchev–Trinajstić information content (AvgIpc) is 2.19. The van der Waals surface area contributed by atoms with Gasteiger partial charge < -0.3 is 5.32 Å². The maximum absolute atomic E-state index is 4.41. The van der Waals surface area contributed by atoms with E-state index in [1.165, 1.54) is 11.3 Å². The molecular weight excluding hydrogens is 140 g/mol. The summed E-state index contributed by atoms with van der Waals surface area (Å²) in [5.74, 6) is 0. The normalized spacial score (nSPS) is 8.50. The Morgan fingerprint density at radius 3 is 3.25 bits per heavy atom. The van der Waals surface area contributed by atoms with Gasteiger partial charge in [-0.05, 0) is 0 Å². The molecule has 0 aromatic carbocycles. The van der Waals surface area contributed by atoms with Gasteiger partial charge in [-0.15, -0.1) is 11.3 Å². The standard InChI is InChI=1S/C4H3N2S2/c7-3-6-4-5-1-2-8-4/h1-2H,(H,5,6,7). The molecule has 0 unspecified atom stereocenters. The van der Waals surface area contributed by atoms with Crippen LogP contribution in [0.1, 0.15) is 0 Å². The zero-order chi connectivity index (χ0) is 5.82. The molecule has 0 saturated heterocycles. The maximum atomic E-state index is 4.41. The molecule has 0 saturated carbocycles.